The molecule has 39 heavy (non-hydrogen) atoms. The van der Waals surface area contributed by atoms with Gasteiger partial charge in [0.15, 0.2) is 0 Å². The van der Waals surface area contributed by atoms with Crippen LogP contribution in [0.2, 0.25) is 0 Å². The summed E-state index contributed by atoms with van der Waals surface area (Å²) in [6, 6.07) is 40.5. The maximum Gasteiger partial charge on any atom is 0.146 e. The average molecular weight is 500 g/mol. The summed E-state index contributed by atoms with van der Waals surface area (Å²) < 4.78 is 11.5. The Morgan fingerprint density at radius 2 is 1.08 bits per heavy atom. The first-order valence-corrected chi connectivity index (χ1v) is 13.2. The molecule has 4 nitrogen and oxygen atoms in total. The van der Waals surface area contributed by atoms with Gasteiger partial charge in [-0.15, -0.1) is 0 Å². The molecule has 9 aromatic rings. The van der Waals surface area contributed by atoms with Crippen LogP contribution in [0.25, 0.3) is 76.9 Å². The molecule has 0 atom stereocenters. The van der Waals surface area contributed by atoms with Crippen LogP contribution in [0.1, 0.15) is 0 Å². The lowest BCUT2D eigenvalue weighted by Crippen LogP contribution is -1.99. The number of aromatic nitrogens is 3. The van der Waals surface area contributed by atoms with E-state index in [2.05, 4.69) is 117 Å². The lowest BCUT2D eigenvalue weighted by atomic mass is 10.0. The van der Waals surface area contributed by atoms with Crippen LogP contribution in [0.5, 0.6) is 0 Å². The first-order valence-electron chi connectivity index (χ1n) is 13.2. The van der Waals surface area contributed by atoms with Crippen LogP contribution in [-0.2, 0) is 0 Å². The second-order valence-electron chi connectivity index (χ2n) is 10.0. The molecule has 182 valence electrons. The lowest BCUT2D eigenvalue weighted by molar-refractivity contribution is 0.673. The van der Waals surface area contributed by atoms with Crippen molar-refractivity contribution in [2.24, 2.45) is 0 Å². The van der Waals surface area contributed by atoms with Crippen molar-refractivity contribution in [2.45, 2.75) is 0 Å². The topological polar surface area (TPSA) is 35.9 Å². The van der Waals surface area contributed by atoms with Crippen molar-refractivity contribution in [1.82, 2.24) is 14.1 Å². The molecule has 0 aliphatic rings. The van der Waals surface area contributed by atoms with Gasteiger partial charge < -0.3 is 13.6 Å². The number of hydrogen-bond acceptors (Lipinski definition) is 2. The summed E-state index contributed by atoms with van der Waals surface area (Å²) in [5.41, 5.74) is 8.54. The Morgan fingerprint density at radius 1 is 0.487 bits per heavy atom. The zero-order valence-corrected chi connectivity index (χ0v) is 20.9. The van der Waals surface area contributed by atoms with Crippen LogP contribution < -0.4 is 0 Å². The van der Waals surface area contributed by atoms with Crippen LogP contribution in [0.4, 0.5) is 0 Å². The van der Waals surface area contributed by atoms with Gasteiger partial charge in [-0.05, 0) is 42.5 Å². The first kappa shape index (κ1) is 20.7. The maximum atomic E-state index is 6.76. The van der Waals surface area contributed by atoms with E-state index >= 15 is 0 Å². The third-order valence-electron chi connectivity index (χ3n) is 7.96. The fourth-order valence-corrected chi connectivity index (χ4v) is 6.48. The molecule has 0 N–H and O–H groups in total. The molecule has 0 saturated heterocycles. The van der Waals surface area contributed by atoms with Crippen molar-refractivity contribution >= 4 is 65.6 Å². The molecule has 0 spiro atoms. The standard InChI is InChI=1S/C35H21N3O/c1-2-11-22(12-3-1)37-28-18-8-5-15-25(28)32-34(37)33-30(31-26-16-6-9-19-29(26)39-35(31)32)24-14-4-7-17-27(24)38(33)23-13-10-20-36-21-23/h1-21H. The molecular formula is C35H21N3O. The number of benzene rings is 5. The fourth-order valence-electron chi connectivity index (χ4n) is 6.48. The number of rotatable bonds is 2. The number of hydrogen-bond donors (Lipinski definition) is 0. The van der Waals surface area contributed by atoms with Gasteiger partial charge in [0.2, 0.25) is 0 Å². The van der Waals surface area contributed by atoms with Gasteiger partial charge >= 0.3 is 0 Å². The number of para-hydroxylation sites is 4. The van der Waals surface area contributed by atoms with Crippen molar-refractivity contribution in [3.8, 4) is 11.4 Å². The zero-order valence-electron chi connectivity index (χ0n) is 20.9. The van der Waals surface area contributed by atoms with Crippen LogP contribution in [0.3, 0.4) is 0 Å². The van der Waals surface area contributed by atoms with Gasteiger partial charge in [-0.3, -0.25) is 4.98 Å². The molecule has 0 aliphatic carbocycles. The monoisotopic (exact) mass is 499 g/mol. The van der Waals surface area contributed by atoms with E-state index in [1.54, 1.807) is 0 Å². The Labute approximate surface area is 222 Å². The Kier molecular flexibility index (Phi) is 4.02. The summed E-state index contributed by atoms with van der Waals surface area (Å²) >= 11 is 0. The van der Waals surface area contributed by atoms with Crippen LogP contribution in [0.15, 0.2) is 132 Å². The van der Waals surface area contributed by atoms with Gasteiger partial charge in [0.25, 0.3) is 0 Å². The Balaban J connectivity index is 1.71. The van der Waals surface area contributed by atoms with Gasteiger partial charge in [0.05, 0.1) is 39.3 Å². The molecule has 0 bridgehead atoms. The largest absolute Gasteiger partial charge is 0.455 e. The predicted octanol–water partition coefficient (Wildman–Crippen LogP) is 9.18. The van der Waals surface area contributed by atoms with E-state index in [1.807, 2.05) is 24.5 Å². The summed E-state index contributed by atoms with van der Waals surface area (Å²) in [6.45, 7) is 0. The lowest BCUT2D eigenvalue weighted by Gasteiger charge is -2.12. The van der Waals surface area contributed by atoms with Crippen LogP contribution in [0, 0.1) is 0 Å². The highest BCUT2D eigenvalue weighted by molar-refractivity contribution is 6.39. The molecule has 0 amide bonds. The molecule has 9 rings (SSSR count). The summed E-state index contributed by atoms with van der Waals surface area (Å²) in [5.74, 6) is 0. The fraction of sp³-hybridized carbons (Fsp3) is 0. The minimum absolute atomic E-state index is 0.899. The normalized spacial score (nSPS) is 12.1. The van der Waals surface area contributed by atoms with Crippen LogP contribution in [-0.4, -0.2) is 14.1 Å². The highest BCUT2D eigenvalue weighted by Crippen LogP contribution is 2.49. The second-order valence-corrected chi connectivity index (χ2v) is 10.0. The van der Waals surface area contributed by atoms with Crippen molar-refractivity contribution in [3.63, 3.8) is 0 Å². The highest BCUT2D eigenvalue weighted by Gasteiger charge is 2.27. The molecular weight excluding hydrogens is 478 g/mol. The van der Waals surface area contributed by atoms with Crippen LogP contribution >= 0.6 is 0 Å². The quantitative estimate of drug-likeness (QED) is 0.238. The third-order valence-corrected chi connectivity index (χ3v) is 7.96. The van der Waals surface area contributed by atoms with E-state index in [9.17, 15) is 0 Å². The van der Waals surface area contributed by atoms with Gasteiger partial charge in [0, 0.05) is 38.8 Å². The molecule has 0 fully saturated rings. The van der Waals surface area contributed by atoms with E-state index in [0.29, 0.717) is 0 Å². The Morgan fingerprint density at radius 3 is 1.82 bits per heavy atom. The van der Waals surface area contributed by atoms with E-state index in [-0.39, 0.29) is 0 Å². The number of nitrogens with zero attached hydrogens (tertiary/aromatic N) is 3. The molecule has 4 heterocycles. The van der Waals surface area contributed by atoms with Crippen molar-refractivity contribution in [2.75, 3.05) is 0 Å². The van der Waals surface area contributed by atoms with Gasteiger partial charge in [0.1, 0.15) is 11.2 Å². The van der Waals surface area contributed by atoms with Gasteiger partial charge in [-0.2, -0.15) is 0 Å². The molecule has 0 unspecified atom stereocenters. The Hall–Kier alpha value is -5.35. The second kappa shape index (κ2) is 7.59. The Bertz CT molecular complexity index is 2370. The van der Waals surface area contributed by atoms with E-state index in [0.717, 1.165) is 60.8 Å². The number of fused-ring (bicyclic) bond motifs is 12. The number of furan rings is 1. The molecule has 4 aromatic heterocycles. The summed E-state index contributed by atoms with van der Waals surface area (Å²) in [6.07, 6.45) is 3.78. The highest BCUT2D eigenvalue weighted by atomic mass is 16.3. The summed E-state index contributed by atoms with van der Waals surface area (Å²) in [4.78, 5) is 4.51. The molecule has 0 aliphatic heterocycles. The van der Waals surface area contributed by atoms with Crippen molar-refractivity contribution in [3.05, 3.63) is 128 Å². The SMILES string of the molecule is c1ccc(-n2c3ccccc3c3c4oc5ccccc5c4c4c5ccccc5n(-c5cccnc5)c4c32)cc1. The average Bonchev–Trinajstić information content (AvgIpc) is 3.66. The predicted molar refractivity (Wildman–Crippen MR) is 160 cm³/mol. The molecule has 5 aromatic carbocycles. The van der Waals surface area contributed by atoms with E-state index < -0.39 is 0 Å². The van der Waals surface area contributed by atoms with Crippen molar-refractivity contribution < 1.29 is 4.42 Å². The smallest absolute Gasteiger partial charge is 0.146 e. The molecule has 0 saturated carbocycles. The van der Waals surface area contributed by atoms with Gasteiger partial charge in [-0.25, -0.2) is 0 Å². The molecule has 0 radical (unpaired) electrons. The summed E-state index contributed by atoms with van der Waals surface area (Å²) in [5, 5.41) is 6.97. The first-order chi connectivity index (χ1) is 19.4. The minimum atomic E-state index is 0.899. The van der Waals surface area contributed by atoms with E-state index in [4.69, 9.17) is 4.42 Å². The molecule has 4 heteroatoms. The van der Waals surface area contributed by atoms with Gasteiger partial charge in [-0.1, -0.05) is 72.8 Å². The summed E-state index contributed by atoms with van der Waals surface area (Å²) in [7, 11) is 0. The van der Waals surface area contributed by atoms with E-state index in [1.165, 1.54) is 16.2 Å². The van der Waals surface area contributed by atoms with Crippen molar-refractivity contribution in [1.29, 1.82) is 0 Å². The maximum absolute atomic E-state index is 6.76. The zero-order chi connectivity index (χ0) is 25.5. The number of pyridine rings is 1. The third kappa shape index (κ3) is 2.65. The minimum Gasteiger partial charge on any atom is -0.455 e.